The molecule has 0 radical (unpaired) electrons. The van der Waals surface area contributed by atoms with Crippen LogP contribution in [-0.4, -0.2) is 24.9 Å². The molecule has 0 fully saturated rings. The molecule has 0 aliphatic carbocycles. The summed E-state index contributed by atoms with van der Waals surface area (Å²) < 4.78 is 0. The number of hydrogen-bond donors (Lipinski definition) is 1. The van der Waals surface area contributed by atoms with Crippen LogP contribution in [-0.2, 0) is 0 Å². The summed E-state index contributed by atoms with van der Waals surface area (Å²) in [5, 5.41) is 3.07. The lowest BCUT2D eigenvalue weighted by molar-refractivity contribution is 0.0743. The Morgan fingerprint density at radius 2 is 1.71 bits per heavy atom. The first-order valence-corrected chi connectivity index (χ1v) is 7.15. The molecule has 3 nitrogen and oxygen atoms in total. The van der Waals surface area contributed by atoms with E-state index < -0.39 is 0 Å². The third-order valence-corrected chi connectivity index (χ3v) is 3.89. The fraction of sp³-hybridized carbons (Fsp3) is 0.278. The van der Waals surface area contributed by atoms with Crippen LogP contribution in [0.4, 0.5) is 5.69 Å². The predicted molar refractivity (Wildman–Crippen MR) is 87.7 cm³/mol. The number of para-hydroxylation sites is 1. The Hall–Kier alpha value is -2.29. The van der Waals surface area contributed by atoms with E-state index in [2.05, 4.69) is 36.5 Å². The highest BCUT2D eigenvalue weighted by Gasteiger charge is 2.20. The second-order valence-corrected chi connectivity index (χ2v) is 5.30. The summed E-state index contributed by atoms with van der Waals surface area (Å²) in [6, 6.07) is 15.9. The van der Waals surface area contributed by atoms with Gasteiger partial charge < -0.3 is 10.2 Å². The average molecular weight is 282 g/mol. The van der Waals surface area contributed by atoms with Gasteiger partial charge in [-0.05, 0) is 31.5 Å². The Kier molecular flexibility index (Phi) is 4.63. The van der Waals surface area contributed by atoms with Crippen molar-refractivity contribution in [1.29, 1.82) is 0 Å². The molecule has 2 aromatic rings. The van der Waals surface area contributed by atoms with Crippen molar-refractivity contribution in [2.75, 3.05) is 19.4 Å². The molecule has 0 heterocycles. The van der Waals surface area contributed by atoms with Crippen LogP contribution in [0.5, 0.6) is 0 Å². The molecule has 0 saturated carbocycles. The summed E-state index contributed by atoms with van der Waals surface area (Å²) in [4.78, 5) is 14.5. The van der Waals surface area contributed by atoms with Crippen LogP contribution in [0.15, 0.2) is 48.5 Å². The first kappa shape index (κ1) is 15.1. The van der Waals surface area contributed by atoms with Crippen molar-refractivity contribution in [1.82, 2.24) is 4.90 Å². The minimum atomic E-state index is 0.0213. The van der Waals surface area contributed by atoms with Crippen molar-refractivity contribution in [2.45, 2.75) is 19.9 Å². The quantitative estimate of drug-likeness (QED) is 0.923. The molecule has 1 unspecified atom stereocenters. The third kappa shape index (κ3) is 3.24. The zero-order valence-electron chi connectivity index (χ0n) is 13.1. The van der Waals surface area contributed by atoms with Crippen molar-refractivity contribution in [2.24, 2.45) is 0 Å². The summed E-state index contributed by atoms with van der Waals surface area (Å²) in [6.45, 7) is 4.11. The van der Waals surface area contributed by atoms with Crippen LogP contribution in [0.2, 0.25) is 0 Å². The molecule has 1 amide bonds. The number of nitrogens with one attached hydrogen (secondary N) is 1. The number of hydrogen-bond acceptors (Lipinski definition) is 2. The highest BCUT2D eigenvalue weighted by Crippen LogP contribution is 2.23. The highest BCUT2D eigenvalue weighted by molar-refractivity contribution is 5.99. The summed E-state index contributed by atoms with van der Waals surface area (Å²) >= 11 is 0. The first-order valence-electron chi connectivity index (χ1n) is 7.15. The van der Waals surface area contributed by atoms with Gasteiger partial charge in [0.2, 0.25) is 0 Å². The molecule has 2 aromatic carbocycles. The Morgan fingerprint density at radius 3 is 2.33 bits per heavy atom. The molecule has 3 heteroatoms. The van der Waals surface area contributed by atoms with E-state index in [1.54, 1.807) is 4.90 Å². The Bertz CT molecular complexity index is 619. The smallest absolute Gasteiger partial charge is 0.256 e. The molecule has 0 bridgehead atoms. The molecular formula is C18H22N2O. The van der Waals surface area contributed by atoms with Crippen molar-refractivity contribution >= 4 is 11.6 Å². The minimum absolute atomic E-state index is 0.0213. The van der Waals surface area contributed by atoms with E-state index in [0.29, 0.717) is 5.56 Å². The molecule has 21 heavy (non-hydrogen) atoms. The van der Waals surface area contributed by atoms with Crippen LogP contribution in [0, 0.1) is 6.92 Å². The van der Waals surface area contributed by atoms with Gasteiger partial charge in [-0.2, -0.15) is 0 Å². The maximum absolute atomic E-state index is 12.7. The number of rotatable bonds is 4. The molecule has 110 valence electrons. The normalized spacial score (nSPS) is 11.8. The molecule has 0 spiro atoms. The minimum Gasteiger partial charge on any atom is -0.387 e. The van der Waals surface area contributed by atoms with Gasteiger partial charge in [0, 0.05) is 19.8 Å². The monoisotopic (exact) mass is 282 g/mol. The fourth-order valence-corrected chi connectivity index (χ4v) is 2.32. The number of benzene rings is 2. The lowest BCUT2D eigenvalue weighted by Gasteiger charge is -2.26. The number of aryl methyl sites for hydroxylation is 1. The molecule has 1 N–H and O–H groups in total. The Labute approximate surface area is 126 Å². The number of anilines is 1. The van der Waals surface area contributed by atoms with E-state index in [9.17, 15) is 4.79 Å². The van der Waals surface area contributed by atoms with Crippen molar-refractivity contribution in [3.63, 3.8) is 0 Å². The number of nitrogens with zero attached hydrogens (tertiary/aromatic N) is 1. The van der Waals surface area contributed by atoms with Gasteiger partial charge in [0.05, 0.1) is 11.6 Å². The molecule has 2 rings (SSSR count). The second kappa shape index (κ2) is 6.44. The Balaban J connectivity index is 2.24. The van der Waals surface area contributed by atoms with E-state index in [1.807, 2.05) is 45.3 Å². The van der Waals surface area contributed by atoms with E-state index in [-0.39, 0.29) is 11.9 Å². The predicted octanol–water partition coefficient (Wildman–Crippen LogP) is 3.87. The Morgan fingerprint density at radius 1 is 1.10 bits per heavy atom. The van der Waals surface area contributed by atoms with E-state index in [1.165, 1.54) is 5.56 Å². The first-order chi connectivity index (χ1) is 10.0. The zero-order valence-corrected chi connectivity index (χ0v) is 13.1. The van der Waals surface area contributed by atoms with Gasteiger partial charge in [0.1, 0.15) is 0 Å². The van der Waals surface area contributed by atoms with Gasteiger partial charge in [-0.25, -0.2) is 0 Å². The van der Waals surface area contributed by atoms with E-state index in [0.717, 1.165) is 11.3 Å². The maximum Gasteiger partial charge on any atom is 0.256 e. The van der Waals surface area contributed by atoms with E-state index >= 15 is 0 Å². The summed E-state index contributed by atoms with van der Waals surface area (Å²) in [7, 11) is 3.68. The van der Waals surface area contributed by atoms with E-state index in [4.69, 9.17) is 0 Å². The van der Waals surface area contributed by atoms with Crippen LogP contribution in [0.1, 0.15) is 34.5 Å². The SMILES string of the molecule is CNc1ccccc1C(=O)N(C)C(C)c1ccc(C)cc1. The van der Waals surface area contributed by atoms with Gasteiger partial charge in [0.25, 0.3) is 5.91 Å². The van der Waals surface area contributed by atoms with Gasteiger partial charge in [-0.3, -0.25) is 4.79 Å². The fourth-order valence-electron chi connectivity index (χ4n) is 2.32. The summed E-state index contributed by atoms with van der Waals surface area (Å²) in [6.07, 6.45) is 0. The number of carbonyl (C=O) groups excluding carboxylic acids is 1. The number of amides is 1. The lowest BCUT2D eigenvalue weighted by atomic mass is 10.0. The van der Waals surface area contributed by atoms with Crippen molar-refractivity contribution in [3.05, 3.63) is 65.2 Å². The lowest BCUT2D eigenvalue weighted by Crippen LogP contribution is -2.30. The maximum atomic E-state index is 12.7. The van der Waals surface area contributed by atoms with Crippen LogP contribution in [0.25, 0.3) is 0 Å². The molecule has 0 aliphatic heterocycles. The molecule has 0 aliphatic rings. The molecule has 0 aromatic heterocycles. The van der Waals surface area contributed by atoms with Gasteiger partial charge >= 0.3 is 0 Å². The van der Waals surface area contributed by atoms with Crippen LogP contribution < -0.4 is 5.32 Å². The van der Waals surface area contributed by atoms with Crippen LogP contribution >= 0.6 is 0 Å². The summed E-state index contributed by atoms with van der Waals surface area (Å²) in [5.41, 5.74) is 3.91. The second-order valence-electron chi connectivity index (χ2n) is 5.30. The van der Waals surface area contributed by atoms with Gasteiger partial charge in [0.15, 0.2) is 0 Å². The van der Waals surface area contributed by atoms with Crippen molar-refractivity contribution < 1.29 is 4.79 Å². The van der Waals surface area contributed by atoms with Gasteiger partial charge in [-0.15, -0.1) is 0 Å². The van der Waals surface area contributed by atoms with Crippen molar-refractivity contribution in [3.8, 4) is 0 Å². The highest BCUT2D eigenvalue weighted by atomic mass is 16.2. The number of carbonyl (C=O) groups is 1. The summed E-state index contributed by atoms with van der Waals surface area (Å²) in [5.74, 6) is 0.0213. The average Bonchev–Trinajstić information content (AvgIpc) is 2.53. The molecular weight excluding hydrogens is 260 g/mol. The standard InChI is InChI=1S/C18H22N2O/c1-13-9-11-15(12-10-13)14(2)20(4)18(21)16-7-5-6-8-17(16)19-3/h5-12,14,19H,1-4H3. The third-order valence-electron chi connectivity index (χ3n) is 3.89. The van der Waals surface area contributed by atoms with Crippen LogP contribution in [0.3, 0.4) is 0 Å². The topological polar surface area (TPSA) is 32.3 Å². The molecule has 0 saturated heterocycles. The molecule has 1 atom stereocenters. The van der Waals surface area contributed by atoms with Gasteiger partial charge in [-0.1, -0.05) is 42.0 Å². The zero-order chi connectivity index (χ0) is 15.4. The largest absolute Gasteiger partial charge is 0.387 e.